The van der Waals surface area contributed by atoms with Crippen LogP contribution in [0, 0.1) is 52.8 Å². The molecule has 4 rings (SSSR count). The fourth-order valence-corrected chi connectivity index (χ4v) is 13.1. The van der Waals surface area contributed by atoms with E-state index >= 15 is 0 Å². The van der Waals surface area contributed by atoms with Gasteiger partial charge >= 0.3 is 12.1 Å². The molecule has 1 unspecified atom stereocenters. The summed E-state index contributed by atoms with van der Waals surface area (Å²) in [5.74, 6) is -3.76. The van der Waals surface area contributed by atoms with Gasteiger partial charge in [-0.25, -0.2) is 9.59 Å². The molecular formula is C75H122N10O15. The van der Waals surface area contributed by atoms with Gasteiger partial charge in [0, 0.05) is 91.8 Å². The minimum atomic E-state index is -0.846. The molecule has 2 aromatic rings. The number of benzene rings is 2. The third-order valence-corrected chi connectivity index (χ3v) is 19.8. The van der Waals surface area contributed by atoms with Crippen LogP contribution in [0.3, 0.4) is 0 Å². The average molecular weight is 1400 g/mol. The van der Waals surface area contributed by atoms with Crippen LogP contribution in [0.2, 0.25) is 0 Å². The highest BCUT2D eigenvalue weighted by atomic mass is 16.6. The van der Waals surface area contributed by atoms with Gasteiger partial charge < -0.3 is 61.4 Å². The monoisotopic (exact) mass is 1400 g/mol. The number of anilines is 1. The van der Waals surface area contributed by atoms with Gasteiger partial charge in [-0.1, -0.05) is 145 Å². The van der Waals surface area contributed by atoms with Crippen LogP contribution >= 0.6 is 0 Å². The van der Waals surface area contributed by atoms with Gasteiger partial charge in [0.05, 0.1) is 60.7 Å². The first-order valence-corrected chi connectivity index (χ1v) is 35.8. The minimum Gasteiger partial charge on any atom is -0.445 e. The molecular weight excluding hydrogens is 1280 g/mol. The molecule has 25 heteroatoms. The van der Waals surface area contributed by atoms with Crippen LogP contribution in [0.5, 0.6) is 0 Å². The molecule has 25 nitrogen and oxygen atoms in total. The number of urea groups is 1. The zero-order valence-electron chi connectivity index (χ0n) is 63.3. The number of methoxy groups -OCH3 is 2. The number of carbonyl (C=O) groups is 11. The second kappa shape index (κ2) is 42.0. The van der Waals surface area contributed by atoms with Gasteiger partial charge in [-0.3, -0.25) is 53.0 Å². The Kier molecular flexibility index (Phi) is 36.5. The van der Waals surface area contributed by atoms with E-state index in [1.807, 2.05) is 112 Å². The van der Waals surface area contributed by atoms with Gasteiger partial charge in [-0.05, 0) is 97.8 Å². The summed E-state index contributed by atoms with van der Waals surface area (Å²) in [5.41, 5.74) is 6.71. The van der Waals surface area contributed by atoms with Crippen molar-refractivity contribution in [2.45, 2.75) is 229 Å². The molecule has 0 saturated carbocycles. The lowest BCUT2D eigenvalue weighted by molar-refractivity contribution is -0.148. The Morgan fingerprint density at radius 3 is 1.93 bits per heavy atom. The molecule has 2 aromatic carbocycles. The number of nitrogens with two attached hydrogens (primary N) is 1. The standard InChI is InChI=1S/C41H65N7O9.C34H57N3O6/c1-25(2)34(46-32(50)15-11-10-12-21-48-33(51)23-30(38(48)54)41(5,6)7)31(49)22-28(14-13-20-44-39(42)55)36(52)45-29-18-16-27(17-19-29)24-57-40(56)47(9)35(26(3)4)37(53)43-8;1-11-22(4)30(36(8)34(41)23(5)21(2)3)28(42-9)20-29(38)37-19-15-18-27(37)32(43-10)24(6)33(40)35-25(7)31(39)26-16-13-12-14-17-26/h16-19,25-26,28,30,34-35H,10-15,20-24H2,1-9H3,(H,43,53)(H,45,52)(H,46,50)(H3,42,44,55);12-14,16-17,21-25,27-28,30-32,39H,11,15,18-20H2,1-10H3,(H,35,40)/t28-,30?,34+,35+;22-,23-,24+,25+,27-,28+,30-,31+,32+/m10/s1. The first-order valence-electron chi connectivity index (χ1n) is 35.8. The zero-order valence-corrected chi connectivity index (χ0v) is 63.3. The summed E-state index contributed by atoms with van der Waals surface area (Å²) in [5, 5.41) is 24.4. The Bertz CT molecular complexity index is 2980. The Morgan fingerprint density at radius 1 is 0.750 bits per heavy atom. The number of imide groups is 1. The summed E-state index contributed by atoms with van der Waals surface area (Å²) in [4.78, 5) is 148. The fourth-order valence-electron chi connectivity index (χ4n) is 13.1. The Labute approximate surface area is 595 Å². The Morgan fingerprint density at radius 2 is 1.39 bits per heavy atom. The van der Waals surface area contributed by atoms with E-state index in [4.69, 9.17) is 19.9 Å². The van der Waals surface area contributed by atoms with Crippen LogP contribution < -0.4 is 32.3 Å². The molecule has 8 N–H and O–H groups in total. The van der Waals surface area contributed by atoms with Crippen LogP contribution in [0.15, 0.2) is 54.6 Å². The number of hydrogen-bond donors (Lipinski definition) is 7. The minimum absolute atomic E-state index is 0.0553. The number of primary amides is 1. The van der Waals surface area contributed by atoms with E-state index in [1.165, 1.54) is 23.9 Å². The third-order valence-electron chi connectivity index (χ3n) is 19.8. The van der Waals surface area contributed by atoms with Crippen LogP contribution in [-0.4, -0.2) is 187 Å². The molecule has 0 spiro atoms. The number of nitrogens with zero attached hydrogens (tertiary/aromatic N) is 4. The van der Waals surface area contributed by atoms with Crippen molar-refractivity contribution in [1.29, 1.82) is 0 Å². The molecule has 11 amide bonds. The van der Waals surface area contributed by atoms with E-state index in [2.05, 4.69) is 40.4 Å². The molecule has 0 radical (unpaired) electrons. The normalized spacial score (nSPS) is 18.0. The number of Topliss-reactive ketones (excluding diaryl/α,β-unsaturated/α-hetero) is 1. The van der Waals surface area contributed by atoms with Gasteiger partial charge in [0.1, 0.15) is 12.6 Å². The number of aliphatic hydroxyl groups is 1. The number of ether oxygens (including phenoxy) is 3. The van der Waals surface area contributed by atoms with E-state index in [0.717, 1.165) is 24.8 Å². The first-order chi connectivity index (χ1) is 47.0. The summed E-state index contributed by atoms with van der Waals surface area (Å²) >= 11 is 0. The van der Waals surface area contributed by atoms with E-state index in [9.17, 15) is 57.8 Å². The number of rotatable bonds is 38. The number of aliphatic hydroxyl groups excluding tert-OH is 1. The van der Waals surface area contributed by atoms with Gasteiger partial charge in [0.15, 0.2) is 5.78 Å². The lowest BCUT2D eigenvalue weighted by Gasteiger charge is -2.40. The van der Waals surface area contributed by atoms with E-state index in [1.54, 1.807) is 57.2 Å². The molecule has 2 saturated heterocycles. The maximum absolute atomic E-state index is 13.9. The predicted octanol–water partition coefficient (Wildman–Crippen LogP) is 8.55. The van der Waals surface area contributed by atoms with Crippen molar-refractivity contribution in [3.63, 3.8) is 0 Å². The number of nitrogens with one attached hydrogen (secondary N) is 5. The van der Waals surface area contributed by atoms with Crippen LogP contribution in [0.1, 0.15) is 191 Å². The Hall–Kier alpha value is -7.51. The van der Waals surface area contributed by atoms with Gasteiger partial charge in [-0.15, -0.1) is 0 Å². The number of ketones is 1. The van der Waals surface area contributed by atoms with Gasteiger partial charge in [0.2, 0.25) is 47.3 Å². The second-order valence-electron chi connectivity index (χ2n) is 29.3. The smallest absolute Gasteiger partial charge is 0.410 e. The summed E-state index contributed by atoms with van der Waals surface area (Å²) in [6.45, 7) is 28.0. The number of likely N-dealkylation sites (N-methyl/N-ethyl adjacent to an activating group) is 3. The zero-order chi connectivity index (χ0) is 75.5. The summed E-state index contributed by atoms with van der Waals surface area (Å²) in [6.07, 6.45) is 2.55. The molecule has 2 aliphatic heterocycles. The van der Waals surface area contributed by atoms with Crippen molar-refractivity contribution in [1.82, 2.24) is 40.9 Å². The maximum atomic E-state index is 13.9. The van der Waals surface area contributed by atoms with Crippen molar-refractivity contribution < 1.29 is 72.1 Å². The highest BCUT2D eigenvalue weighted by Gasteiger charge is 2.45. The predicted molar refractivity (Wildman–Crippen MR) is 384 cm³/mol. The lowest BCUT2D eigenvalue weighted by atomic mass is 9.80. The van der Waals surface area contributed by atoms with Crippen molar-refractivity contribution >= 4 is 70.9 Å². The quantitative estimate of drug-likeness (QED) is 0.0245. The second-order valence-corrected chi connectivity index (χ2v) is 29.3. The molecule has 13 atom stereocenters. The molecule has 2 aliphatic rings. The van der Waals surface area contributed by atoms with E-state index in [-0.39, 0.29) is 145 Å². The molecule has 2 fully saturated rings. The maximum Gasteiger partial charge on any atom is 0.410 e. The SMILES string of the molecule is CC[C@H](C)[C@@H]([C@@H](CC(=O)N1CCC[C@H]1[C@H](OC)[C@@H](C)C(=O)N[C@H](C)[C@@H](O)c1ccccc1)OC)N(C)C(=O)[C@@H](C)C(C)C.CNC(=O)[C@H](C(C)C)N(C)C(=O)OCc1ccc(NC(=O)[C@H](CCCNC(N)=O)CC(=O)[C@@H](NC(=O)CCCCCN2C(=O)CC(C(C)(C)C)C2=O)C(C)C)cc1. The van der Waals surface area contributed by atoms with Crippen molar-refractivity contribution in [3.05, 3.63) is 65.7 Å². The molecule has 2 heterocycles. The highest BCUT2D eigenvalue weighted by Crippen LogP contribution is 2.36. The fraction of sp³-hybridized carbons (Fsp3) is 0.693. The molecule has 562 valence electrons. The number of amides is 11. The number of carbonyl (C=O) groups excluding carboxylic acids is 11. The molecule has 0 bridgehead atoms. The van der Waals surface area contributed by atoms with Crippen molar-refractivity contribution in [2.75, 3.05) is 60.3 Å². The van der Waals surface area contributed by atoms with Crippen molar-refractivity contribution in [3.8, 4) is 0 Å². The molecule has 100 heavy (non-hydrogen) atoms. The topological polar surface area (TPSA) is 335 Å². The van der Waals surface area contributed by atoms with Crippen LogP contribution in [0.25, 0.3) is 0 Å². The molecule has 0 aliphatic carbocycles. The highest BCUT2D eigenvalue weighted by molar-refractivity contribution is 6.04. The summed E-state index contributed by atoms with van der Waals surface area (Å²) in [6, 6.07) is 12.6. The van der Waals surface area contributed by atoms with E-state index in [0.29, 0.717) is 50.0 Å². The largest absolute Gasteiger partial charge is 0.445 e. The number of unbranched alkanes of at least 4 members (excludes halogenated alkanes) is 2. The summed E-state index contributed by atoms with van der Waals surface area (Å²) in [7, 11) is 8.01. The average Bonchev–Trinajstić information content (AvgIpc) is 1.69. The number of likely N-dealkylation sites (tertiary alicyclic amines) is 2. The third kappa shape index (κ3) is 26.1. The van der Waals surface area contributed by atoms with Crippen molar-refractivity contribution in [2.24, 2.45) is 58.5 Å². The van der Waals surface area contributed by atoms with Gasteiger partial charge in [-0.2, -0.15) is 0 Å². The Balaban J connectivity index is 0.000000541. The molecule has 0 aromatic heterocycles. The van der Waals surface area contributed by atoms with Crippen LogP contribution in [-0.2, 0) is 64.0 Å². The lowest BCUT2D eigenvalue weighted by Crippen LogP contribution is -2.54. The van der Waals surface area contributed by atoms with Gasteiger partial charge in [0.25, 0.3) is 0 Å². The first kappa shape index (κ1) is 86.7. The summed E-state index contributed by atoms with van der Waals surface area (Å²) < 4.78 is 17.2. The number of hydrogen-bond acceptors (Lipinski definition) is 15. The van der Waals surface area contributed by atoms with E-state index < -0.39 is 66.3 Å². The van der Waals surface area contributed by atoms with Crippen LogP contribution in [0.4, 0.5) is 15.3 Å².